The molecule has 142 valence electrons. The van der Waals surface area contributed by atoms with Crippen LogP contribution in [0.2, 0.25) is 5.02 Å². The molecule has 0 saturated heterocycles. The van der Waals surface area contributed by atoms with Gasteiger partial charge < -0.3 is 4.57 Å². The average Bonchev–Trinajstić information content (AvgIpc) is 3.01. The van der Waals surface area contributed by atoms with Gasteiger partial charge in [0.2, 0.25) is 0 Å². The Balaban J connectivity index is 1.79. The Kier molecular flexibility index (Phi) is 4.54. The van der Waals surface area contributed by atoms with E-state index in [0.717, 1.165) is 63.8 Å². The zero-order chi connectivity index (χ0) is 19.8. The number of nitrogens with zero attached hydrogens (tertiary/aromatic N) is 4. The lowest BCUT2D eigenvalue weighted by molar-refractivity contribution is 0.627. The summed E-state index contributed by atoms with van der Waals surface area (Å²) in [6.07, 6.45) is 6.25. The molecule has 0 amide bonds. The Bertz CT molecular complexity index is 1250. The monoisotopic (exact) mass is 398 g/mol. The molecular formula is C24H19ClN4. The first-order chi connectivity index (χ1) is 14.3. The van der Waals surface area contributed by atoms with Gasteiger partial charge >= 0.3 is 0 Å². The molecule has 0 unspecified atom stereocenters. The van der Waals surface area contributed by atoms with Crippen molar-refractivity contribution >= 4 is 44.8 Å². The number of halogens is 1. The molecular weight excluding hydrogens is 380 g/mol. The smallest absolute Gasteiger partial charge is 0.174 e. The molecule has 1 aliphatic heterocycles. The molecule has 0 aliphatic carbocycles. The van der Waals surface area contributed by atoms with Crippen LogP contribution in [0.5, 0.6) is 0 Å². The van der Waals surface area contributed by atoms with Gasteiger partial charge in [0.25, 0.3) is 0 Å². The van der Waals surface area contributed by atoms with E-state index in [-0.39, 0.29) is 0 Å². The summed E-state index contributed by atoms with van der Waals surface area (Å²) in [4.78, 5) is 0. The van der Waals surface area contributed by atoms with E-state index in [0.29, 0.717) is 11.4 Å². The SMILES string of the molecule is N#C/C(=C\c1c2ccccc2c(Cl)c2ccccc12)c1nnc2n1CCCCC2. The number of nitriles is 1. The highest BCUT2D eigenvalue weighted by Gasteiger charge is 2.19. The maximum atomic E-state index is 10.0. The van der Waals surface area contributed by atoms with E-state index in [4.69, 9.17) is 11.6 Å². The van der Waals surface area contributed by atoms with Gasteiger partial charge in [0.1, 0.15) is 11.9 Å². The Hall–Kier alpha value is -3.16. The molecule has 0 atom stereocenters. The maximum absolute atomic E-state index is 10.0. The van der Waals surface area contributed by atoms with Gasteiger partial charge in [-0.15, -0.1) is 10.2 Å². The second-order valence-electron chi connectivity index (χ2n) is 7.39. The summed E-state index contributed by atoms with van der Waals surface area (Å²) in [5.41, 5.74) is 1.52. The van der Waals surface area contributed by atoms with Crippen LogP contribution in [0.4, 0.5) is 0 Å². The van der Waals surface area contributed by atoms with Crippen molar-refractivity contribution in [3.63, 3.8) is 0 Å². The number of hydrogen-bond donors (Lipinski definition) is 0. The molecule has 0 bridgehead atoms. The van der Waals surface area contributed by atoms with E-state index in [1.807, 2.05) is 42.5 Å². The molecule has 5 rings (SSSR count). The lowest BCUT2D eigenvalue weighted by Crippen LogP contribution is -2.05. The van der Waals surface area contributed by atoms with Crippen molar-refractivity contribution in [2.45, 2.75) is 32.2 Å². The van der Waals surface area contributed by atoms with Crippen molar-refractivity contribution in [3.05, 3.63) is 70.8 Å². The summed E-state index contributed by atoms with van der Waals surface area (Å²) in [6.45, 7) is 0.860. The number of benzene rings is 3. The molecule has 0 fully saturated rings. The molecule has 0 N–H and O–H groups in total. The fourth-order valence-corrected chi connectivity index (χ4v) is 4.57. The van der Waals surface area contributed by atoms with Crippen molar-refractivity contribution in [3.8, 4) is 6.07 Å². The van der Waals surface area contributed by atoms with E-state index in [1.54, 1.807) is 0 Å². The first kappa shape index (κ1) is 17.9. The van der Waals surface area contributed by atoms with Crippen LogP contribution in [0.1, 0.15) is 36.5 Å². The van der Waals surface area contributed by atoms with Crippen molar-refractivity contribution in [1.82, 2.24) is 14.8 Å². The molecule has 0 radical (unpaired) electrons. The molecule has 1 aliphatic rings. The molecule has 5 heteroatoms. The highest BCUT2D eigenvalue weighted by molar-refractivity contribution is 6.41. The van der Waals surface area contributed by atoms with Crippen LogP contribution < -0.4 is 0 Å². The second kappa shape index (κ2) is 7.35. The lowest BCUT2D eigenvalue weighted by atomic mass is 9.95. The summed E-state index contributed by atoms with van der Waals surface area (Å²) >= 11 is 6.72. The first-order valence-electron chi connectivity index (χ1n) is 9.91. The third kappa shape index (κ3) is 2.99. The topological polar surface area (TPSA) is 54.5 Å². The number of rotatable bonds is 2. The van der Waals surface area contributed by atoms with E-state index < -0.39 is 0 Å². The van der Waals surface area contributed by atoms with Gasteiger partial charge in [0.05, 0.1) is 10.6 Å². The fourth-order valence-electron chi connectivity index (χ4n) is 4.24. The number of hydrogen-bond acceptors (Lipinski definition) is 3. The number of allylic oxidation sites excluding steroid dienone is 1. The number of fused-ring (bicyclic) bond motifs is 3. The van der Waals surface area contributed by atoms with Gasteiger partial charge in [-0.05, 0) is 35.3 Å². The van der Waals surface area contributed by atoms with E-state index in [9.17, 15) is 5.26 Å². The Morgan fingerprint density at radius 3 is 2.24 bits per heavy atom. The van der Waals surface area contributed by atoms with Crippen molar-refractivity contribution < 1.29 is 0 Å². The van der Waals surface area contributed by atoms with E-state index >= 15 is 0 Å². The van der Waals surface area contributed by atoms with E-state index in [1.165, 1.54) is 6.42 Å². The summed E-state index contributed by atoms with van der Waals surface area (Å²) in [7, 11) is 0. The van der Waals surface area contributed by atoms with Gasteiger partial charge in [-0.3, -0.25) is 0 Å². The highest BCUT2D eigenvalue weighted by Crippen LogP contribution is 2.37. The van der Waals surface area contributed by atoms with Gasteiger partial charge in [0.15, 0.2) is 5.82 Å². The average molecular weight is 399 g/mol. The third-order valence-electron chi connectivity index (χ3n) is 5.67. The zero-order valence-electron chi connectivity index (χ0n) is 15.9. The van der Waals surface area contributed by atoms with Gasteiger partial charge in [-0.2, -0.15) is 5.26 Å². The molecule has 0 spiro atoms. The largest absolute Gasteiger partial charge is 0.310 e. The molecule has 1 aromatic heterocycles. The minimum absolute atomic E-state index is 0.531. The van der Waals surface area contributed by atoms with Crippen LogP contribution in [-0.2, 0) is 13.0 Å². The van der Waals surface area contributed by atoms with Crippen LogP contribution in [0.25, 0.3) is 33.2 Å². The van der Waals surface area contributed by atoms with Gasteiger partial charge in [-0.25, -0.2) is 0 Å². The molecule has 4 nitrogen and oxygen atoms in total. The normalized spacial score (nSPS) is 14.6. The molecule has 3 aromatic carbocycles. The predicted molar refractivity (Wildman–Crippen MR) is 118 cm³/mol. The Morgan fingerprint density at radius 1 is 0.931 bits per heavy atom. The van der Waals surface area contributed by atoms with Crippen LogP contribution >= 0.6 is 11.6 Å². The minimum Gasteiger partial charge on any atom is -0.310 e. The molecule has 4 aromatic rings. The molecule has 29 heavy (non-hydrogen) atoms. The van der Waals surface area contributed by atoms with Gasteiger partial charge in [-0.1, -0.05) is 66.6 Å². The van der Waals surface area contributed by atoms with Gasteiger partial charge in [0, 0.05) is 23.7 Å². The number of aryl methyl sites for hydroxylation is 1. The van der Waals surface area contributed by atoms with Crippen LogP contribution in [0.3, 0.4) is 0 Å². The second-order valence-corrected chi connectivity index (χ2v) is 7.77. The minimum atomic E-state index is 0.531. The summed E-state index contributed by atoms with van der Waals surface area (Å²) in [6, 6.07) is 18.5. The molecule has 0 saturated carbocycles. The summed E-state index contributed by atoms with van der Waals surface area (Å²) in [5, 5.41) is 23.5. The highest BCUT2D eigenvalue weighted by atomic mass is 35.5. The van der Waals surface area contributed by atoms with Crippen molar-refractivity contribution in [2.24, 2.45) is 0 Å². The standard InChI is InChI=1S/C24H19ClN4/c25-23-19-10-5-3-8-17(19)21(18-9-4-6-11-20(18)23)14-16(15-26)24-28-27-22-12-2-1-7-13-29(22)24/h3-6,8-11,14H,1-2,7,12-13H2/b16-14+. The van der Waals surface area contributed by atoms with E-state index in [2.05, 4.69) is 33.0 Å². The first-order valence-corrected chi connectivity index (χ1v) is 10.3. The van der Waals surface area contributed by atoms with Crippen LogP contribution in [0.15, 0.2) is 48.5 Å². The fraction of sp³-hybridized carbons (Fsp3) is 0.208. The maximum Gasteiger partial charge on any atom is 0.174 e. The number of aromatic nitrogens is 3. The quantitative estimate of drug-likeness (QED) is 0.306. The van der Waals surface area contributed by atoms with Crippen LogP contribution in [-0.4, -0.2) is 14.8 Å². The molecule has 2 heterocycles. The van der Waals surface area contributed by atoms with Crippen molar-refractivity contribution in [1.29, 1.82) is 5.26 Å². The Labute approximate surface area is 174 Å². The lowest BCUT2D eigenvalue weighted by Gasteiger charge is -2.12. The van der Waals surface area contributed by atoms with Crippen molar-refractivity contribution in [2.75, 3.05) is 0 Å². The summed E-state index contributed by atoms with van der Waals surface area (Å²) < 4.78 is 2.11. The van der Waals surface area contributed by atoms with Crippen LogP contribution in [0, 0.1) is 11.3 Å². The predicted octanol–water partition coefficient (Wildman–Crippen LogP) is 6.03. The zero-order valence-corrected chi connectivity index (χ0v) is 16.7. The summed E-state index contributed by atoms with van der Waals surface area (Å²) in [5.74, 6) is 1.64. The Morgan fingerprint density at radius 2 is 1.59 bits per heavy atom. The third-order valence-corrected chi connectivity index (χ3v) is 6.07.